The SMILES string of the molecule is CC(C)(C)[Si](C)(C)O[C@@H]1C[C@@H]2C(=O)N(c3ccccc3)C(=O)[C@@H]2c2c1ncn2Cc1ccccc1. The summed E-state index contributed by atoms with van der Waals surface area (Å²) >= 11 is 0. The minimum absolute atomic E-state index is 0.0161. The first kappa shape index (κ1) is 23.7. The Morgan fingerprint density at radius 3 is 2.23 bits per heavy atom. The highest BCUT2D eigenvalue weighted by Crippen LogP contribution is 2.51. The van der Waals surface area contributed by atoms with E-state index in [9.17, 15) is 9.59 Å². The van der Waals surface area contributed by atoms with E-state index in [1.54, 1.807) is 0 Å². The number of benzene rings is 2. The second kappa shape index (κ2) is 8.57. The van der Waals surface area contributed by atoms with Crippen molar-refractivity contribution in [2.24, 2.45) is 5.92 Å². The van der Waals surface area contributed by atoms with E-state index in [0.717, 1.165) is 17.0 Å². The van der Waals surface area contributed by atoms with Crippen molar-refractivity contribution in [3.63, 3.8) is 0 Å². The van der Waals surface area contributed by atoms with Crippen LogP contribution in [0.5, 0.6) is 0 Å². The van der Waals surface area contributed by atoms with Crippen LogP contribution in [0.25, 0.3) is 0 Å². The number of imidazole rings is 1. The van der Waals surface area contributed by atoms with Gasteiger partial charge in [0.1, 0.15) is 0 Å². The molecule has 7 heteroatoms. The molecule has 1 aromatic heterocycles. The van der Waals surface area contributed by atoms with Gasteiger partial charge in [-0.25, -0.2) is 9.88 Å². The van der Waals surface area contributed by atoms with Crippen LogP contribution in [-0.4, -0.2) is 29.7 Å². The molecule has 3 aromatic rings. The lowest BCUT2D eigenvalue weighted by atomic mass is 9.80. The summed E-state index contributed by atoms with van der Waals surface area (Å²) in [4.78, 5) is 33.7. The van der Waals surface area contributed by atoms with Crippen LogP contribution in [0.15, 0.2) is 67.0 Å². The Hall–Kier alpha value is -3.03. The lowest BCUT2D eigenvalue weighted by Crippen LogP contribution is -2.43. The monoisotopic (exact) mass is 487 g/mol. The normalized spacial score (nSPS) is 22.3. The van der Waals surface area contributed by atoms with Crippen LogP contribution in [0, 0.1) is 5.92 Å². The first-order chi connectivity index (χ1) is 16.6. The number of carbonyl (C=O) groups is 2. The maximum atomic E-state index is 13.8. The van der Waals surface area contributed by atoms with Gasteiger partial charge in [-0.1, -0.05) is 69.3 Å². The Kier molecular flexibility index (Phi) is 5.80. The summed E-state index contributed by atoms with van der Waals surface area (Å²) in [5, 5.41) is 0.0161. The molecular weight excluding hydrogens is 454 g/mol. The average molecular weight is 488 g/mol. The summed E-state index contributed by atoms with van der Waals surface area (Å²) in [6, 6.07) is 19.4. The van der Waals surface area contributed by atoms with Crippen molar-refractivity contribution in [3.05, 3.63) is 83.9 Å². The van der Waals surface area contributed by atoms with Crippen molar-refractivity contribution < 1.29 is 14.0 Å². The first-order valence-electron chi connectivity index (χ1n) is 12.3. The van der Waals surface area contributed by atoms with Crippen molar-refractivity contribution in [2.45, 2.75) is 63.9 Å². The van der Waals surface area contributed by atoms with E-state index in [2.05, 4.69) is 46.0 Å². The van der Waals surface area contributed by atoms with E-state index in [4.69, 9.17) is 9.41 Å². The number of fused-ring (bicyclic) bond motifs is 3. The van der Waals surface area contributed by atoms with Crippen molar-refractivity contribution in [2.75, 3.05) is 4.90 Å². The fraction of sp³-hybridized carbons (Fsp3) is 0.393. The fourth-order valence-corrected chi connectivity index (χ4v) is 6.26. The van der Waals surface area contributed by atoms with E-state index in [-0.39, 0.29) is 23.0 Å². The minimum atomic E-state index is -2.15. The Bertz CT molecular complexity index is 1250. The molecule has 3 atom stereocenters. The quantitative estimate of drug-likeness (QED) is 0.344. The molecule has 0 bridgehead atoms. The topological polar surface area (TPSA) is 64.4 Å². The van der Waals surface area contributed by atoms with Gasteiger partial charge < -0.3 is 8.99 Å². The number of aromatic nitrogens is 2. The van der Waals surface area contributed by atoms with E-state index < -0.39 is 20.2 Å². The highest BCUT2D eigenvalue weighted by molar-refractivity contribution is 6.74. The maximum Gasteiger partial charge on any atom is 0.243 e. The number of rotatable bonds is 5. The fourth-order valence-electron chi connectivity index (χ4n) is 4.98. The van der Waals surface area contributed by atoms with Gasteiger partial charge in [-0.3, -0.25) is 9.59 Å². The van der Waals surface area contributed by atoms with Crippen molar-refractivity contribution in [1.29, 1.82) is 0 Å². The standard InChI is InChI=1S/C28H33N3O3Si/c1-28(2,3)35(4,5)34-22-16-21-23(27(33)31(26(21)32)20-14-10-7-11-15-20)25-24(22)29-18-30(25)17-19-12-8-6-9-13-19/h6-15,18,21-23H,16-17H2,1-5H3/t21-,22+,23-/m0/s1. The minimum Gasteiger partial charge on any atom is -0.408 e. The Morgan fingerprint density at radius 1 is 0.971 bits per heavy atom. The van der Waals surface area contributed by atoms with Crippen LogP contribution < -0.4 is 4.90 Å². The van der Waals surface area contributed by atoms with Crippen LogP contribution >= 0.6 is 0 Å². The van der Waals surface area contributed by atoms with Gasteiger partial charge in [0.2, 0.25) is 11.8 Å². The van der Waals surface area contributed by atoms with E-state index in [1.807, 2.05) is 59.4 Å². The predicted molar refractivity (Wildman–Crippen MR) is 139 cm³/mol. The third-order valence-corrected chi connectivity index (χ3v) is 12.3. The average Bonchev–Trinajstić information content (AvgIpc) is 3.33. The van der Waals surface area contributed by atoms with Crippen LogP contribution in [0.4, 0.5) is 5.69 Å². The number of anilines is 1. The molecule has 1 fully saturated rings. The Labute approximate surface area is 208 Å². The molecule has 6 nitrogen and oxygen atoms in total. The number of hydrogen-bond donors (Lipinski definition) is 0. The third-order valence-electron chi connectivity index (χ3n) is 7.86. The molecular formula is C28H33N3O3Si. The molecule has 0 saturated carbocycles. The Balaban J connectivity index is 1.59. The molecule has 1 saturated heterocycles. The van der Waals surface area contributed by atoms with E-state index >= 15 is 0 Å². The van der Waals surface area contributed by atoms with E-state index in [1.165, 1.54) is 4.90 Å². The zero-order chi connectivity index (χ0) is 25.0. The van der Waals surface area contributed by atoms with Gasteiger partial charge in [0.05, 0.1) is 41.3 Å². The zero-order valence-electron chi connectivity index (χ0n) is 21.1. The zero-order valence-corrected chi connectivity index (χ0v) is 22.1. The van der Waals surface area contributed by atoms with E-state index in [0.29, 0.717) is 18.7 Å². The van der Waals surface area contributed by atoms with Gasteiger partial charge >= 0.3 is 0 Å². The smallest absolute Gasteiger partial charge is 0.243 e. The van der Waals surface area contributed by atoms with Crippen LogP contribution in [0.2, 0.25) is 18.1 Å². The molecule has 0 spiro atoms. The largest absolute Gasteiger partial charge is 0.408 e. The van der Waals surface area contributed by atoms with Crippen LogP contribution in [-0.2, 0) is 20.6 Å². The van der Waals surface area contributed by atoms with Gasteiger partial charge in [-0.2, -0.15) is 0 Å². The molecule has 0 N–H and O–H groups in total. The maximum absolute atomic E-state index is 13.8. The van der Waals surface area contributed by atoms with Crippen molar-refractivity contribution >= 4 is 25.8 Å². The molecule has 35 heavy (non-hydrogen) atoms. The molecule has 2 aromatic carbocycles. The first-order valence-corrected chi connectivity index (χ1v) is 15.2. The molecule has 2 amide bonds. The number of para-hydroxylation sites is 1. The van der Waals surface area contributed by atoms with Crippen LogP contribution in [0.1, 0.15) is 56.2 Å². The third kappa shape index (κ3) is 4.06. The second-order valence-corrected chi connectivity index (χ2v) is 15.9. The summed E-state index contributed by atoms with van der Waals surface area (Å²) in [5.74, 6) is -1.33. The van der Waals surface area contributed by atoms with Crippen molar-refractivity contribution in [3.8, 4) is 0 Å². The summed E-state index contributed by atoms with van der Waals surface area (Å²) in [6.45, 7) is 11.7. The second-order valence-electron chi connectivity index (χ2n) is 11.2. The summed E-state index contributed by atoms with van der Waals surface area (Å²) < 4.78 is 8.89. The summed E-state index contributed by atoms with van der Waals surface area (Å²) in [5.41, 5.74) is 3.37. The number of nitrogens with zero attached hydrogens (tertiary/aromatic N) is 3. The number of carbonyl (C=O) groups excluding carboxylic acids is 2. The number of hydrogen-bond acceptors (Lipinski definition) is 4. The predicted octanol–water partition coefficient (Wildman–Crippen LogP) is 5.67. The number of imide groups is 1. The molecule has 182 valence electrons. The summed E-state index contributed by atoms with van der Waals surface area (Å²) in [7, 11) is -2.15. The van der Waals surface area contributed by atoms with Gasteiger partial charge in [-0.05, 0) is 42.2 Å². The molecule has 1 aliphatic heterocycles. The summed E-state index contributed by atoms with van der Waals surface area (Å²) in [6.07, 6.45) is 1.97. The molecule has 0 unspecified atom stereocenters. The van der Waals surface area contributed by atoms with Gasteiger partial charge in [0, 0.05) is 6.54 Å². The van der Waals surface area contributed by atoms with Gasteiger partial charge in [0.15, 0.2) is 8.32 Å². The van der Waals surface area contributed by atoms with Crippen LogP contribution in [0.3, 0.4) is 0 Å². The highest BCUT2D eigenvalue weighted by atomic mass is 28.4. The lowest BCUT2D eigenvalue weighted by molar-refractivity contribution is -0.122. The molecule has 2 aliphatic rings. The Morgan fingerprint density at radius 2 is 1.60 bits per heavy atom. The van der Waals surface area contributed by atoms with Gasteiger partial charge in [0.25, 0.3) is 0 Å². The number of amides is 2. The highest BCUT2D eigenvalue weighted by Gasteiger charge is 2.56. The van der Waals surface area contributed by atoms with Gasteiger partial charge in [-0.15, -0.1) is 0 Å². The molecule has 2 heterocycles. The molecule has 1 aliphatic carbocycles. The molecule has 0 radical (unpaired) electrons. The van der Waals surface area contributed by atoms with Crippen molar-refractivity contribution in [1.82, 2.24) is 9.55 Å². The lowest BCUT2D eigenvalue weighted by Gasteiger charge is -2.41. The molecule has 5 rings (SSSR count).